The third-order valence-corrected chi connectivity index (χ3v) is 4.21. The van der Waals surface area contributed by atoms with E-state index in [9.17, 15) is 14.4 Å². The molecule has 1 atom stereocenters. The fourth-order valence-electron chi connectivity index (χ4n) is 2.39. The van der Waals surface area contributed by atoms with Gasteiger partial charge in [-0.1, -0.05) is 18.2 Å². The van der Waals surface area contributed by atoms with Gasteiger partial charge in [-0.25, -0.2) is 0 Å². The van der Waals surface area contributed by atoms with Gasteiger partial charge in [0.05, 0.1) is 5.92 Å². The van der Waals surface area contributed by atoms with E-state index in [4.69, 9.17) is 5.11 Å². The summed E-state index contributed by atoms with van der Waals surface area (Å²) >= 11 is 0. The summed E-state index contributed by atoms with van der Waals surface area (Å²) in [7, 11) is 1.70. The Kier molecular flexibility index (Phi) is 6.11. The van der Waals surface area contributed by atoms with Crippen molar-refractivity contribution in [1.82, 2.24) is 4.90 Å². The number of amides is 2. The van der Waals surface area contributed by atoms with Crippen molar-refractivity contribution >= 4 is 23.5 Å². The van der Waals surface area contributed by atoms with Gasteiger partial charge in [-0.05, 0) is 49.7 Å². The van der Waals surface area contributed by atoms with Crippen LogP contribution >= 0.6 is 0 Å². The average Bonchev–Trinajstić information content (AvgIpc) is 2.66. The molecule has 0 aliphatic carbocycles. The van der Waals surface area contributed by atoms with Crippen LogP contribution in [0.2, 0.25) is 0 Å². The highest BCUT2D eigenvalue weighted by atomic mass is 16.4. The van der Waals surface area contributed by atoms with Crippen molar-refractivity contribution in [3.63, 3.8) is 0 Å². The van der Waals surface area contributed by atoms with Gasteiger partial charge < -0.3 is 15.3 Å². The smallest absolute Gasteiger partial charge is 0.310 e. The van der Waals surface area contributed by atoms with Gasteiger partial charge in [-0.2, -0.15) is 0 Å². The molecule has 26 heavy (non-hydrogen) atoms. The van der Waals surface area contributed by atoms with Crippen LogP contribution in [0.15, 0.2) is 48.5 Å². The minimum Gasteiger partial charge on any atom is -0.481 e. The molecule has 0 spiro atoms. The summed E-state index contributed by atoms with van der Waals surface area (Å²) in [4.78, 5) is 37.4. The quantitative estimate of drug-likeness (QED) is 0.834. The first-order valence-corrected chi connectivity index (χ1v) is 8.33. The lowest BCUT2D eigenvalue weighted by Gasteiger charge is -2.15. The number of aliphatic carboxylic acids is 1. The molecule has 0 bridgehead atoms. The van der Waals surface area contributed by atoms with E-state index in [1.807, 2.05) is 6.92 Å². The zero-order chi connectivity index (χ0) is 19.3. The second kappa shape index (κ2) is 8.29. The normalized spacial score (nSPS) is 11.5. The van der Waals surface area contributed by atoms with Crippen molar-refractivity contribution in [3.8, 4) is 0 Å². The molecular formula is C20H22N2O4. The molecule has 2 aromatic carbocycles. The standard InChI is InChI=1S/C20H22N2O4/c1-4-22(3)19(24)16-9-5-8-15(11-16)18(23)21-17-10-6-7-14(12-17)13(2)20(25)26/h5-13H,4H2,1-3H3,(H,21,23)(H,25,26). The summed E-state index contributed by atoms with van der Waals surface area (Å²) in [6, 6.07) is 13.2. The Morgan fingerprint density at radius 1 is 1.08 bits per heavy atom. The number of hydrogen-bond acceptors (Lipinski definition) is 3. The maximum Gasteiger partial charge on any atom is 0.310 e. The zero-order valence-electron chi connectivity index (χ0n) is 15.0. The fourth-order valence-corrected chi connectivity index (χ4v) is 2.39. The van der Waals surface area contributed by atoms with E-state index >= 15 is 0 Å². The Balaban J connectivity index is 2.19. The number of anilines is 1. The number of carboxylic acids is 1. The minimum absolute atomic E-state index is 0.153. The summed E-state index contributed by atoms with van der Waals surface area (Å²) in [5, 5.41) is 11.9. The molecule has 136 valence electrons. The van der Waals surface area contributed by atoms with Gasteiger partial charge in [-0.3, -0.25) is 14.4 Å². The molecule has 6 nitrogen and oxygen atoms in total. The van der Waals surface area contributed by atoms with E-state index in [2.05, 4.69) is 5.32 Å². The van der Waals surface area contributed by atoms with Gasteiger partial charge in [-0.15, -0.1) is 0 Å². The predicted octanol–water partition coefficient (Wildman–Crippen LogP) is 3.22. The molecule has 0 radical (unpaired) electrons. The highest BCUT2D eigenvalue weighted by Crippen LogP contribution is 2.20. The fraction of sp³-hybridized carbons (Fsp3) is 0.250. The van der Waals surface area contributed by atoms with Gasteiger partial charge in [0.2, 0.25) is 0 Å². The molecule has 0 aromatic heterocycles. The van der Waals surface area contributed by atoms with E-state index in [0.717, 1.165) is 0 Å². The second-order valence-electron chi connectivity index (χ2n) is 6.04. The van der Waals surface area contributed by atoms with E-state index in [0.29, 0.717) is 28.9 Å². The predicted molar refractivity (Wildman–Crippen MR) is 99.5 cm³/mol. The number of benzene rings is 2. The molecular weight excluding hydrogens is 332 g/mol. The van der Waals surface area contributed by atoms with Crippen molar-refractivity contribution in [2.24, 2.45) is 0 Å². The Hall–Kier alpha value is -3.15. The molecule has 2 rings (SSSR count). The number of rotatable bonds is 6. The van der Waals surface area contributed by atoms with Gasteiger partial charge >= 0.3 is 5.97 Å². The van der Waals surface area contributed by atoms with E-state index in [1.54, 1.807) is 67.4 Å². The summed E-state index contributed by atoms with van der Waals surface area (Å²) in [5.41, 5.74) is 1.90. The van der Waals surface area contributed by atoms with Crippen molar-refractivity contribution in [3.05, 3.63) is 65.2 Å². The van der Waals surface area contributed by atoms with Crippen LogP contribution in [-0.2, 0) is 4.79 Å². The van der Waals surface area contributed by atoms with Gasteiger partial charge in [0.15, 0.2) is 0 Å². The van der Waals surface area contributed by atoms with Crippen LogP contribution in [-0.4, -0.2) is 41.4 Å². The Morgan fingerprint density at radius 2 is 1.73 bits per heavy atom. The van der Waals surface area contributed by atoms with E-state index in [1.165, 1.54) is 0 Å². The highest BCUT2D eigenvalue weighted by Gasteiger charge is 2.16. The lowest BCUT2D eigenvalue weighted by Crippen LogP contribution is -2.26. The van der Waals surface area contributed by atoms with Crippen molar-refractivity contribution in [2.75, 3.05) is 18.9 Å². The molecule has 0 saturated carbocycles. The van der Waals surface area contributed by atoms with Crippen LogP contribution in [0.25, 0.3) is 0 Å². The lowest BCUT2D eigenvalue weighted by molar-refractivity contribution is -0.138. The molecule has 0 fully saturated rings. The van der Waals surface area contributed by atoms with Crippen molar-refractivity contribution in [1.29, 1.82) is 0 Å². The van der Waals surface area contributed by atoms with E-state index < -0.39 is 11.9 Å². The monoisotopic (exact) mass is 354 g/mol. The molecule has 6 heteroatoms. The van der Waals surface area contributed by atoms with Crippen LogP contribution in [0, 0.1) is 0 Å². The van der Waals surface area contributed by atoms with Gasteiger partial charge in [0.25, 0.3) is 11.8 Å². The van der Waals surface area contributed by atoms with Crippen molar-refractivity contribution in [2.45, 2.75) is 19.8 Å². The molecule has 2 aromatic rings. The maximum atomic E-state index is 12.5. The Bertz CT molecular complexity index is 832. The van der Waals surface area contributed by atoms with Gasteiger partial charge in [0, 0.05) is 30.4 Å². The molecule has 2 N–H and O–H groups in total. The van der Waals surface area contributed by atoms with Gasteiger partial charge in [0.1, 0.15) is 0 Å². The summed E-state index contributed by atoms with van der Waals surface area (Å²) in [6.45, 7) is 4.03. The third-order valence-electron chi connectivity index (χ3n) is 4.21. The summed E-state index contributed by atoms with van der Waals surface area (Å²) in [5.74, 6) is -2.12. The van der Waals surface area contributed by atoms with Crippen LogP contribution in [0.3, 0.4) is 0 Å². The first-order chi connectivity index (χ1) is 12.3. The highest BCUT2D eigenvalue weighted by molar-refractivity contribution is 6.06. The minimum atomic E-state index is -0.931. The molecule has 2 amide bonds. The average molecular weight is 354 g/mol. The number of nitrogens with one attached hydrogen (secondary N) is 1. The first kappa shape index (κ1) is 19.2. The van der Waals surface area contributed by atoms with Crippen LogP contribution in [0.4, 0.5) is 5.69 Å². The number of hydrogen-bond donors (Lipinski definition) is 2. The molecule has 0 heterocycles. The maximum absolute atomic E-state index is 12.5. The largest absolute Gasteiger partial charge is 0.481 e. The number of carbonyl (C=O) groups is 3. The lowest BCUT2D eigenvalue weighted by atomic mass is 10.0. The summed E-state index contributed by atoms with van der Waals surface area (Å²) < 4.78 is 0. The zero-order valence-corrected chi connectivity index (χ0v) is 15.0. The number of carboxylic acid groups (broad SMARTS) is 1. The molecule has 0 aliphatic heterocycles. The van der Waals surface area contributed by atoms with Crippen LogP contribution in [0.5, 0.6) is 0 Å². The number of nitrogens with zero attached hydrogens (tertiary/aromatic N) is 1. The number of carbonyl (C=O) groups excluding carboxylic acids is 2. The Labute approximate surface area is 152 Å². The second-order valence-corrected chi connectivity index (χ2v) is 6.04. The van der Waals surface area contributed by atoms with Crippen LogP contribution < -0.4 is 5.32 Å². The topological polar surface area (TPSA) is 86.7 Å². The first-order valence-electron chi connectivity index (χ1n) is 8.33. The van der Waals surface area contributed by atoms with E-state index in [-0.39, 0.29) is 11.8 Å². The third kappa shape index (κ3) is 4.47. The summed E-state index contributed by atoms with van der Waals surface area (Å²) in [6.07, 6.45) is 0. The Morgan fingerprint density at radius 3 is 2.38 bits per heavy atom. The molecule has 0 saturated heterocycles. The van der Waals surface area contributed by atoms with Crippen molar-refractivity contribution < 1.29 is 19.5 Å². The molecule has 1 unspecified atom stereocenters. The SMILES string of the molecule is CCN(C)C(=O)c1cccc(C(=O)Nc2cccc(C(C)C(=O)O)c2)c1. The van der Waals surface area contributed by atoms with Crippen LogP contribution in [0.1, 0.15) is 46.0 Å². The molecule has 0 aliphatic rings.